The van der Waals surface area contributed by atoms with Gasteiger partial charge in [0, 0.05) is 40.8 Å². The highest BCUT2D eigenvalue weighted by atomic mass is 16.5. The predicted octanol–water partition coefficient (Wildman–Crippen LogP) is 8.90. The van der Waals surface area contributed by atoms with Crippen LogP contribution in [0.4, 0.5) is 0 Å². The van der Waals surface area contributed by atoms with Gasteiger partial charge in [-0.2, -0.15) is 0 Å². The van der Waals surface area contributed by atoms with Crippen LogP contribution in [0.25, 0.3) is 32.6 Å². The highest BCUT2D eigenvalue weighted by molar-refractivity contribution is 5.91. The van der Waals surface area contributed by atoms with Gasteiger partial charge in [-0.05, 0) is 143 Å². The summed E-state index contributed by atoms with van der Waals surface area (Å²) in [7, 11) is 0. The molecule has 9 heterocycles. The normalized spacial score (nSPS) is 28.7. The first kappa shape index (κ1) is 39.4. The van der Waals surface area contributed by atoms with Gasteiger partial charge in [0.15, 0.2) is 0 Å². The molecular formula is C50H58N6O4. The van der Waals surface area contributed by atoms with E-state index in [9.17, 15) is 10.2 Å². The maximum absolute atomic E-state index is 11.9. The first-order chi connectivity index (χ1) is 29.3. The first-order valence-corrected chi connectivity index (χ1v) is 22.5. The Kier molecular flexibility index (Phi) is 10.7. The van der Waals surface area contributed by atoms with Gasteiger partial charge in [-0.25, -0.2) is 0 Å². The van der Waals surface area contributed by atoms with Gasteiger partial charge < -0.3 is 19.7 Å². The minimum atomic E-state index is -0.683. The van der Waals surface area contributed by atoms with Gasteiger partial charge in [0.05, 0.1) is 46.1 Å². The van der Waals surface area contributed by atoms with Crippen LogP contribution in [0.5, 0.6) is 11.8 Å². The molecule has 10 atom stereocenters. The summed E-state index contributed by atoms with van der Waals surface area (Å²) in [5.74, 6) is 2.47. The Hall–Kier alpha value is -4.74. The molecule has 10 heteroatoms. The monoisotopic (exact) mass is 806 g/mol. The van der Waals surface area contributed by atoms with Gasteiger partial charge >= 0.3 is 0 Å². The standard InChI is InChI=1S/C50H58N6O4/c1-4-33-16-22-55-23-17-34(33)28-44(55)46(37-15-21-52-43-13-11-32(30-57)27-41(37)43)59-48-38-8-6-7-9-39(38)49(54-53-48)60-47(36-14-20-51-42-12-10-31(3)26-40(36)42)45-29-35-18-24-56(45)25-19-50(35,58)5-2/h6-15,20-21,26-27,33-35,44-47,57-58H,4-5,16-19,22-25,28-30H2,1-3H3/t33-,34?,35?,44+,45+,46+,47-,50?/m0/s1. The Morgan fingerprint density at radius 3 is 2.00 bits per heavy atom. The van der Waals surface area contributed by atoms with Crippen LogP contribution in [0.1, 0.15) is 99.7 Å². The molecule has 6 fully saturated rings. The average molecular weight is 807 g/mol. The Bertz CT molecular complexity index is 2470. The summed E-state index contributed by atoms with van der Waals surface area (Å²) in [6, 6.07) is 25.0. The molecule has 3 aromatic carbocycles. The average Bonchev–Trinajstić information content (AvgIpc) is 3.73. The van der Waals surface area contributed by atoms with Crippen LogP contribution >= 0.6 is 0 Å². The van der Waals surface area contributed by atoms with E-state index < -0.39 is 5.60 Å². The number of nitrogens with zero attached hydrogens (tertiary/aromatic N) is 6. The van der Waals surface area contributed by atoms with Crippen LogP contribution in [0.3, 0.4) is 0 Å². The molecule has 10 nitrogen and oxygen atoms in total. The zero-order valence-electron chi connectivity index (χ0n) is 35.2. The van der Waals surface area contributed by atoms with E-state index >= 15 is 0 Å². The Balaban J connectivity index is 1.07. The molecule has 0 spiro atoms. The summed E-state index contributed by atoms with van der Waals surface area (Å²) in [6.07, 6.45) is 11.0. The largest absolute Gasteiger partial charge is 0.466 e. The summed E-state index contributed by atoms with van der Waals surface area (Å²) in [5, 5.41) is 35.7. The van der Waals surface area contributed by atoms with Crippen molar-refractivity contribution in [3.63, 3.8) is 0 Å². The fourth-order valence-electron chi connectivity index (χ4n) is 11.6. The van der Waals surface area contributed by atoms with E-state index in [1.807, 2.05) is 36.7 Å². The van der Waals surface area contributed by atoms with Gasteiger partial charge in [0.2, 0.25) is 11.8 Å². The van der Waals surface area contributed by atoms with Gasteiger partial charge in [-0.15, -0.1) is 10.2 Å². The molecule has 0 radical (unpaired) electrons. The van der Waals surface area contributed by atoms with E-state index in [2.05, 4.69) is 79.1 Å². The number of piperidine rings is 2. The molecule has 0 saturated carbocycles. The molecule has 6 aromatic rings. The second-order valence-electron chi connectivity index (χ2n) is 18.1. The number of aryl methyl sites for hydroxylation is 1. The number of aliphatic hydroxyl groups excluding tert-OH is 1. The van der Waals surface area contributed by atoms with Crippen molar-refractivity contribution in [2.75, 3.05) is 26.2 Å². The molecule has 5 unspecified atom stereocenters. The number of hydrogen-bond donors (Lipinski definition) is 2. The van der Waals surface area contributed by atoms with Crippen molar-refractivity contribution in [3.05, 3.63) is 107 Å². The topological polar surface area (TPSA) is 117 Å². The Labute approximate surface area is 353 Å². The molecule has 12 rings (SSSR count). The van der Waals surface area contributed by atoms with E-state index in [0.29, 0.717) is 23.6 Å². The molecule has 0 amide bonds. The minimum absolute atomic E-state index is 0.0201. The summed E-state index contributed by atoms with van der Waals surface area (Å²) in [5.41, 5.74) is 5.26. The SMILES string of the molecule is CC[C@H]1CCN2CCC1C[C@@H]2[C@H](Oc1nnc(O[C@@H](c2ccnc3ccc(C)cc23)[C@H]2CC3CCN2CCC3(O)CC)c2ccccc12)c1ccnc2ccc(CO)cc12. The maximum Gasteiger partial charge on any atom is 0.242 e. The van der Waals surface area contributed by atoms with Crippen molar-refractivity contribution in [2.24, 2.45) is 17.8 Å². The number of benzene rings is 3. The zero-order valence-corrected chi connectivity index (χ0v) is 35.2. The summed E-state index contributed by atoms with van der Waals surface area (Å²) in [4.78, 5) is 14.7. The van der Waals surface area contributed by atoms with Crippen LogP contribution in [0.15, 0.2) is 85.2 Å². The fourth-order valence-corrected chi connectivity index (χ4v) is 11.6. The lowest BCUT2D eigenvalue weighted by Crippen LogP contribution is -2.47. The number of ether oxygens (including phenoxy) is 2. The third-order valence-corrected chi connectivity index (χ3v) is 15.1. The van der Waals surface area contributed by atoms with Crippen molar-refractivity contribution in [3.8, 4) is 11.8 Å². The van der Waals surface area contributed by atoms with E-state index in [1.165, 1.54) is 19.3 Å². The first-order valence-electron chi connectivity index (χ1n) is 22.5. The third-order valence-electron chi connectivity index (χ3n) is 15.1. The number of pyridine rings is 2. The zero-order chi connectivity index (χ0) is 41.0. The minimum Gasteiger partial charge on any atom is -0.466 e. The van der Waals surface area contributed by atoms with Crippen molar-refractivity contribution in [1.29, 1.82) is 0 Å². The smallest absolute Gasteiger partial charge is 0.242 e. The van der Waals surface area contributed by atoms with Gasteiger partial charge in [0.25, 0.3) is 0 Å². The molecule has 0 aliphatic carbocycles. The van der Waals surface area contributed by atoms with E-state index in [-0.39, 0.29) is 36.8 Å². The van der Waals surface area contributed by atoms with Crippen LogP contribution in [-0.4, -0.2) is 84.0 Å². The Morgan fingerprint density at radius 1 is 0.717 bits per heavy atom. The van der Waals surface area contributed by atoms with Crippen LogP contribution in [-0.2, 0) is 6.61 Å². The number of aromatic nitrogens is 4. The van der Waals surface area contributed by atoms with Crippen LogP contribution in [0.2, 0.25) is 0 Å². The Morgan fingerprint density at radius 2 is 1.33 bits per heavy atom. The second kappa shape index (κ2) is 16.3. The van der Waals surface area contributed by atoms with Gasteiger partial charge in [0.1, 0.15) is 12.2 Å². The molecule has 6 aliphatic heterocycles. The van der Waals surface area contributed by atoms with Crippen molar-refractivity contribution in [2.45, 2.75) is 109 Å². The van der Waals surface area contributed by atoms with Crippen LogP contribution in [0, 0.1) is 24.7 Å². The lowest BCUT2D eigenvalue weighted by atomic mass is 9.76. The number of hydrogen-bond acceptors (Lipinski definition) is 10. The quantitative estimate of drug-likeness (QED) is 0.132. The van der Waals surface area contributed by atoms with E-state index in [1.54, 1.807) is 0 Å². The maximum atomic E-state index is 11.9. The highest BCUT2D eigenvalue weighted by Gasteiger charge is 2.48. The lowest BCUT2D eigenvalue weighted by molar-refractivity contribution is -0.0403. The van der Waals surface area contributed by atoms with Gasteiger partial charge in [-0.1, -0.05) is 50.1 Å². The van der Waals surface area contributed by atoms with Gasteiger partial charge in [-0.3, -0.25) is 19.8 Å². The molecule has 6 aliphatic rings. The molecule has 312 valence electrons. The summed E-state index contributed by atoms with van der Waals surface area (Å²) in [6.45, 7) is 10.4. The number of rotatable bonds is 11. The number of fused-ring (bicyclic) bond motifs is 11. The second-order valence-corrected chi connectivity index (χ2v) is 18.1. The van der Waals surface area contributed by atoms with Crippen molar-refractivity contribution >= 4 is 32.6 Å². The predicted molar refractivity (Wildman–Crippen MR) is 235 cm³/mol. The highest BCUT2D eigenvalue weighted by Crippen LogP contribution is 2.47. The van der Waals surface area contributed by atoms with Crippen molar-refractivity contribution in [1.82, 2.24) is 30.0 Å². The molecule has 2 N–H and O–H groups in total. The molecular weight excluding hydrogens is 749 g/mol. The fraction of sp³-hybridized carbons (Fsp3) is 0.480. The van der Waals surface area contributed by atoms with E-state index in [0.717, 1.165) is 113 Å². The third kappa shape index (κ3) is 7.09. The molecule has 60 heavy (non-hydrogen) atoms. The molecule has 3 aromatic heterocycles. The summed E-state index contributed by atoms with van der Waals surface area (Å²) >= 11 is 0. The van der Waals surface area contributed by atoms with Crippen molar-refractivity contribution < 1.29 is 19.7 Å². The summed E-state index contributed by atoms with van der Waals surface area (Å²) < 4.78 is 14.6. The van der Waals surface area contributed by atoms with Crippen LogP contribution < -0.4 is 9.47 Å². The lowest BCUT2D eigenvalue weighted by Gasteiger charge is -2.42. The van der Waals surface area contributed by atoms with E-state index in [4.69, 9.17) is 29.6 Å². The molecule has 4 bridgehead atoms. The molecule has 6 saturated heterocycles. The number of aliphatic hydroxyl groups is 2.